The van der Waals surface area contributed by atoms with E-state index in [9.17, 15) is 9.59 Å². The Morgan fingerprint density at radius 1 is 1.29 bits per heavy atom. The van der Waals surface area contributed by atoms with Crippen LogP contribution < -0.4 is 5.32 Å². The van der Waals surface area contributed by atoms with Crippen LogP contribution in [0.2, 0.25) is 0 Å². The van der Waals surface area contributed by atoms with Gasteiger partial charge in [-0.05, 0) is 30.0 Å². The molecule has 0 radical (unpaired) electrons. The molecule has 122 valence electrons. The van der Waals surface area contributed by atoms with Gasteiger partial charge in [0, 0.05) is 4.88 Å². The van der Waals surface area contributed by atoms with E-state index < -0.39 is 18.5 Å². The molecule has 0 aliphatic carbocycles. The molecule has 0 bridgehead atoms. The molecular weight excluding hydrogens is 324 g/mol. The SMILES string of the molecule is Cc1ccc(/C=C(\C#N)C(=O)OCC(=O)NCc2cccs2)cc1. The number of benzene rings is 1. The van der Waals surface area contributed by atoms with Crippen LogP contribution in [0.1, 0.15) is 16.0 Å². The van der Waals surface area contributed by atoms with Gasteiger partial charge in [0.15, 0.2) is 6.61 Å². The molecule has 1 amide bonds. The Morgan fingerprint density at radius 2 is 2.04 bits per heavy atom. The molecule has 1 heterocycles. The Labute approximate surface area is 144 Å². The summed E-state index contributed by atoms with van der Waals surface area (Å²) >= 11 is 1.53. The van der Waals surface area contributed by atoms with Crippen molar-refractivity contribution in [3.05, 3.63) is 63.4 Å². The van der Waals surface area contributed by atoms with Gasteiger partial charge in [0.2, 0.25) is 0 Å². The zero-order valence-corrected chi connectivity index (χ0v) is 13.9. The average Bonchev–Trinajstić information content (AvgIpc) is 3.11. The number of nitrogens with zero attached hydrogens (tertiary/aromatic N) is 1. The molecule has 24 heavy (non-hydrogen) atoms. The molecule has 0 aliphatic rings. The largest absolute Gasteiger partial charge is 0.451 e. The van der Waals surface area contributed by atoms with E-state index in [-0.39, 0.29) is 5.57 Å². The smallest absolute Gasteiger partial charge is 0.349 e. The third kappa shape index (κ3) is 5.38. The van der Waals surface area contributed by atoms with Crippen molar-refractivity contribution in [3.63, 3.8) is 0 Å². The van der Waals surface area contributed by atoms with Crippen LogP contribution in [0.15, 0.2) is 47.4 Å². The van der Waals surface area contributed by atoms with Crippen LogP contribution in [0.4, 0.5) is 0 Å². The summed E-state index contributed by atoms with van der Waals surface area (Å²) in [6.07, 6.45) is 1.44. The molecule has 6 heteroatoms. The van der Waals surface area contributed by atoms with Gasteiger partial charge in [-0.3, -0.25) is 4.79 Å². The number of rotatable bonds is 6. The standard InChI is InChI=1S/C18H16N2O3S/c1-13-4-6-14(7-5-13)9-15(10-19)18(22)23-12-17(21)20-11-16-3-2-8-24-16/h2-9H,11-12H2,1H3,(H,20,21)/b15-9+. The predicted octanol–water partition coefficient (Wildman–Crippen LogP) is 2.82. The van der Waals surface area contributed by atoms with Gasteiger partial charge in [0.25, 0.3) is 5.91 Å². The average molecular weight is 340 g/mol. The summed E-state index contributed by atoms with van der Waals surface area (Å²) in [6, 6.07) is 12.9. The van der Waals surface area contributed by atoms with Crippen LogP contribution >= 0.6 is 11.3 Å². The molecule has 0 spiro atoms. The van der Waals surface area contributed by atoms with Gasteiger partial charge < -0.3 is 10.1 Å². The van der Waals surface area contributed by atoms with Gasteiger partial charge in [-0.15, -0.1) is 11.3 Å². The number of carbonyl (C=O) groups is 2. The fourth-order valence-corrected chi connectivity index (χ4v) is 2.47. The minimum absolute atomic E-state index is 0.148. The van der Waals surface area contributed by atoms with Gasteiger partial charge in [0.05, 0.1) is 6.54 Å². The molecule has 0 atom stereocenters. The Bertz CT molecular complexity index is 772. The van der Waals surface area contributed by atoms with Crippen LogP contribution in [0.5, 0.6) is 0 Å². The molecule has 5 nitrogen and oxygen atoms in total. The van der Waals surface area contributed by atoms with Crippen molar-refractivity contribution in [1.82, 2.24) is 5.32 Å². The third-order valence-corrected chi connectivity index (χ3v) is 3.98. The lowest BCUT2D eigenvalue weighted by Crippen LogP contribution is -2.28. The minimum Gasteiger partial charge on any atom is -0.451 e. The van der Waals surface area contributed by atoms with Gasteiger partial charge in [-0.2, -0.15) is 5.26 Å². The molecular formula is C18H16N2O3S. The maximum Gasteiger partial charge on any atom is 0.349 e. The molecule has 0 aliphatic heterocycles. The number of carbonyl (C=O) groups excluding carboxylic acids is 2. The van der Waals surface area contributed by atoms with E-state index in [0.717, 1.165) is 16.0 Å². The summed E-state index contributed by atoms with van der Waals surface area (Å²) in [4.78, 5) is 24.6. The molecule has 0 unspecified atom stereocenters. The Kier molecular flexibility index (Phi) is 6.29. The van der Waals surface area contributed by atoms with E-state index in [1.54, 1.807) is 18.2 Å². The highest BCUT2D eigenvalue weighted by Crippen LogP contribution is 2.10. The summed E-state index contributed by atoms with van der Waals surface area (Å²) in [5.41, 5.74) is 1.65. The number of hydrogen-bond donors (Lipinski definition) is 1. The number of nitrogens with one attached hydrogen (secondary N) is 1. The lowest BCUT2D eigenvalue weighted by atomic mass is 10.1. The molecule has 0 saturated carbocycles. The lowest BCUT2D eigenvalue weighted by Gasteiger charge is -2.05. The fraction of sp³-hybridized carbons (Fsp3) is 0.167. The summed E-state index contributed by atoms with van der Waals surface area (Å²) < 4.78 is 4.88. The number of nitriles is 1. The van der Waals surface area contributed by atoms with E-state index in [4.69, 9.17) is 10.00 Å². The first-order valence-electron chi connectivity index (χ1n) is 7.23. The van der Waals surface area contributed by atoms with Crippen molar-refractivity contribution in [1.29, 1.82) is 5.26 Å². The zero-order chi connectivity index (χ0) is 17.4. The summed E-state index contributed by atoms with van der Waals surface area (Å²) in [6.45, 7) is 1.91. The van der Waals surface area contributed by atoms with E-state index >= 15 is 0 Å². The second-order valence-corrected chi connectivity index (χ2v) is 6.04. The van der Waals surface area contributed by atoms with Gasteiger partial charge in [-0.25, -0.2) is 4.79 Å². The molecule has 1 aromatic heterocycles. The number of aryl methyl sites for hydroxylation is 1. The Balaban J connectivity index is 1.86. The molecule has 2 rings (SSSR count). The first-order valence-corrected chi connectivity index (χ1v) is 8.11. The van der Waals surface area contributed by atoms with Crippen molar-refractivity contribution < 1.29 is 14.3 Å². The first kappa shape index (κ1) is 17.4. The second-order valence-electron chi connectivity index (χ2n) is 5.01. The quantitative estimate of drug-likeness (QED) is 0.498. The maximum absolute atomic E-state index is 11.9. The van der Waals surface area contributed by atoms with Crippen LogP contribution in [-0.4, -0.2) is 18.5 Å². The number of ether oxygens (including phenoxy) is 1. The highest BCUT2D eigenvalue weighted by Gasteiger charge is 2.13. The highest BCUT2D eigenvalue weighted by atomic mass is 32.1. The van der Waals surface area contributed by atoms with Gasteiger partial charge in [0.1, 0.15) is 11.6 Å². The lowest BCUT2D eigenvalue weighted by molar-refractivity contribution is -0.144. The molecule has 1 N–H and O–H groups in total. The van der Waals surface area contributed by atoms with Gasteiger partial charge in [-0.1, -0.05) is 35.9 Å². The van der Waals surface area contributed by atoms with Crippen molar-refractivity contribution in [2.24, 2.45) is 0 Å². The topological polar surface area (TPSA) is 79.2 Å². The number of thiophene rings is 1. The first-order chi connectivity index (χ1) is 11.6. The van der Waals surface area contributed by atoms with Crippen LogP contribution in [0.3, 0.4) is 0 Å². The van der Waals surface area contributed by atoms with Crippen molar-refractivity contribution in [2.45, 2.75) is 13.5 Å². The molecule has 2 aromatic rings. The summed E-state index contributed by atoms with van der Waals surface area (Å²) in [7, 11) is 0. The molecule has 0 saturated heterocycles. The van der Waals surface area contributed by atoms with Crippen molar-refractivity contribution >= 4 is 29.3 Å². The molecule has 0 fully saturated rings. The fourth-order valence-electron chi connectivity index (χ4n) is 1.82. The number of amides is 1. The van der Waals surface area contributed by atoms with E-state index in [0.29, 0.717) is 6.54 Å². The van der Waals surface area contributed by atoms with Crippen molar-refractivity contribution in [3.8, 4) is 6.07 Å². The predicted molar refractivity (Wildman–Crippen MR) is 91.9 cm³/mol. The van der Waals surface area contributed by atoms with E-state index in [1.807, 2.05) is 36.6 Å². The van der Waals surface area contributed by atoms with Crippen LogP contribution in [0, 0.1) is 18.3 Å². The Hall–Kier alpha value is -2.91. The summed E-state index contributed by atoms with van der Waals surface area (Å²) in [5, 5.41) is 13.6. The monoisotopic (exact) mass is 340 g/mol. The number of esters is 1. The van der Waals surface area contributed by atoms with Crippen LogP contribution in [0.25, 0.3) is 6.08 Å². The second kappa shape index (κ2) is 8.65. The molecule has 1 aromatic carbocycles. The van der Waals surface area contributed by atoms with Crippen molar-refractivity contribution in [2.75, 3.05) is 6.61 Å². The maximum atomic E-state index is 11.9. The zero-order valence-electron chi connectivity index (χ0n) is 13.1. The minimum atomic E-state index is -0.815. The third-order valence-electron chi connectivity index (χ3n) is 3.10. The van der Waals surface area contributed by atoms with E-state index in [2.05, 4.69) is 5.32 Å². The van der Waals surface area contributed by atoms with Crippen LogP contribution in [-0.2, 0) is 20.9 Å². The number of hydrogen-bond acceptors (Lipinski definition) is 5. The normalized spacial score (nSPS) is 10.8. The van der Waals surface area contributed by atoms with Gasteiger partial charge >= 0.3 is 5.97 Å². The van der Waals surface area contributed by atoms with E-state index in [1.165, 1.54) is 17.4 Å². The summed E-state index contributed by atoms with van der Waals surface area (Å²) in [5.74, 6) is -1.23. The highest BCUT2D eigenvalue weighted by molar-refractivity contribution is 7.09. The Morgan fingerprint density at radius 3 is 2.67 bits per heavy atom.